The van der Waals surface area contributed by atoms with Crippen LogP contribution in [0.1, 0.15) is 37.1 Å². The molecule has 0 spiro atoms. The Morgan fingerprint density at radius 3 is 2.68 bits per heavy atom. The Hall–Kier alpha value is -3.36. The first kappa shape index (κ1) is 20.9. The van der Waals surface area contributed by atoms with E-state index in [4.69, 9.17) is 9.26 Å². The van der Waals surface area contributed by atoms with Crippen molar-refractivity contribution in [3.63, 3.8) is 0 Å². The summed E-state index contributed by atoms with van der Waals surface area (Å²) in [6.45, 7) is 2.83. The van der Waals surface area contributed by atoms with E-state index < -0.39 is 17.7 Å². The predicted octanol–water partition coefficient (Wildman–Crippen LogP) is 5.06. The third kappa shape index (κ3) is 4.55. The molecule has 1 aromatic heterocycles. The van der Waals surface area contributed by atoms with Crippen molar-refractivity contribution in [3.05, 3.63) is 60.0 Å². The van der Waals surface area contributed by atoms with Crippen LogP contribution in [-0.4, -0.2) is 29.2 Å². The fourth-order valence-corrected chi connectivity index (χ4v) is 3.41. The summed E-state index contributed by atoms with van der Waals surface area (Å²) >= 11 is 0. The molecule has 2 aromatic carbocycles. The van der Waals surface area contributed by atoms with Gasteiger partial charge in [-0.25, -0.2) is 0 Å². The van der Waals surface area contributed by atoms with Crippen LogP contribution in [0, 0.1) is 0 Å². The lowest BCUT2D eigenvalue weighted by Gasteiger charge is -2.17. The molecule has 1 atom stereocenters. The molecule has 1 fully saturated rings. The average Bonchev–Trinajstić information content (AvgIpc) is 3.39. The minimum Gasteiger partial charge on any atom is -0.494 e. The molecule has 4 rings (SSSR count). The summed E-state index contributed by atoms with van der Waals surface area (Å²) < 4.78 is 49.9. The first-order chi connectivity index (χ1) is 14.8. The number of halogens is 3. The molecule has 1 saturated heterocycles. The van der Waals surface area contributed by atoms with Gasteiger partial charge in [0.05, 0.1) is 18.1 Å². The number of carbonyl (C=O) groups excluding carboxylic acids is 1. The van der Waals surface area contributed by atoms with Crippen molar-refractivity contribution in [2.24, 2.45) is 0 Å². The second kappa shape index (κ2) is 8.41. The van der Waals surface area contributed by atoms with E-state index in [0.717, 1.165) is 29.9 Å². The van der Waals surface area contributed by atoms with Gasteiger partial charge in [-0.15, -0.1) is 0 Å². The predicted molar refractivity (Wildman–Crippen MR) is 107 cm³/mol. The Morgan fingerprint density at radius 2 is 1.97 bits per heavy atom. The fraction of sp³-hybridized carbons (Fsp3) is 0.318. The number of anilines is 1. The van der Waals surface area contributed by atoms with Gasteiger partial charge in [0.2, 0.25) is 17.6 Å². The average molecular weight is 431 g/mol. The Bertz CT molecular complexity index is 1060. The molecule has 1 unspecified atom stereocenters. The molecule has 9 heteroatoms. The van der Waals surface area contributed by atoms with E-state index in [1.165, 1.54) is 17.0 Å². The minimum atomic E-state index is -4.48. The van der Waals surface area contributed by atoms with Gasteiger partial charge < -0.3 is 14.2 Å². The highest BCUT2D eigenvalue weighted by Gasteiger charge is 2.37. The highest BCUT2D eigenvalue weighted by molar-refractivity contribution is 5.96. The summed E-state index contributed by atoms with van der Waals surface area (Å²) in [6, 6.07) is 12.0. The highest BCUT2D eigenvalue weighted by atomic mass is 19.4. The molecule has 31 heavy (non-hydrogen) atoms. The molecule has 0 N–H and O–H groups in total. The van der Waals surface area contributed by atoms with E-state index in [1.807, 2.05) is 31.2 Å². The number of nitrogens with zero attached hydrogens (tertiary/aromatic N) is 3. The van der Waals surface area contributed by atoms with Crippen LogP contribution in [0.3, 0.4) is 0 Å². The number of alkyl halides is 3. The van der Waals surface area contributed by atoms with E-state index >= 15 is 0 Å². The molecule has 1 aliphatic heterocycles. The number of aromatic nitrogens is 2. The SMILES string of the molecule is CCCOc1ccc(-c2noc(C3CC(=O)N(c4cccc(C(F)(F)F)c4)C3)n2)cc1. The molecule has 2 heterocycles. The third-order valence-corrected chi connectivity index (χ3v) is 4.99. The molecule has 0 radical (unpaired) electrons. The first-order valence-electron chi connectivity index (χ1n) is 9.89. The smallest absolute Gasteiger partial charge is 0.416 e. The molecule has 6 nitrogen and oxygen atoms in total. The normalized spacial score (nSPS) is 16.7. The molecular formula is C22H20F3N3O3. The van der Waals surface area contributed by atoms with Crippen LogP contribution in [0.4, 0.5) is 18.9 Å². The summed E-state index contributed by atoms with van der Waals surface area (Å²) in [4.78, 5) is 18.2. The molecule has 0 saturated carbocycles. The van der Waals surface area contributed by atoms with Crippen LogP contribution in [0.25, 0.3) is 11.4 Å². The lowest BCUT2D eigenvalue weighted by Crippen LogP contribution is -2.24. The summed E-state index contributed by atoms with van der Waals surface area (Å²) in [7, 11) is 0. The van der Waals surface area contributed by atoms with E-state index in [1.54, 1.807) is 0 Å². The van der Waals surface area contributed by atoms with Crippen LogP contribution in [-0.2, 0) is 11.0 Å². The molecule has 0 bridgehead atoms. The van der Waals surface area contributed by atoms with Crippen molar-refractivity contribution in [2.45, 2.75) is 31.9 Å². The molecular weight excluding hydrogens is 411 g/mol. The van der Waals surface area contributed by atoms with Gasteiger partial charge in [0.15, 0.2) is 0 Å². The molecule has 1 amide bonds. The zero-order chi connectivity index (χ0) is 22.0. The van der Waals surface area contributed by atoms with Crippen molar-refractivity contribution < 1.29 is 27.2 Å². The second-order valence-corrected chi connectivity index (χ2v) is 7.28. The van der Waals surface area contributed by atoms with Crippen LogP contribution in [0.2, 0.25) is 0 Å². The largest absolute Gasteiger partial charge is 0.494 e. The molecule has 3 aromatic rings. The second-order valence-electron chi connectivity index (χ2n) is 7.28. The Balaban J connectivity index is 1.48. The van der Waals surface area contributed by atoms with Gasteiger partial charge in [-0.2, -0.15) is 18.2 Å². The van der Waals surface area contributed by atoms with Crippen molar-refractivity contribution >= 4 is 11.6 Å². The highest BCUT2D eigenvalue weighted by Crippen LogP contribution is 2.35. The van der Waals surface area contributed by atoms with Crippen molar-refractivity contribution in [2.75, 3.05) is 18.1 Å². The van der Waals surface area contributed by atoms with Crippen LogP contribution in [0.15, 0.2) is 53.1 Å². The lowest BCUT2D eigenvalue weighted by atomic mass is 10.1. The van der Waals surface area contributed by atoms with Gasteiger partial charge in [-0.1, -0.05) is 18.1 Å². The van der Waals surface area contributed by atoms with Crippen molar-refractivity contribution in [1.29, 1.82) is 0 Å². The van der Waals surface area contributed by atoms with Gasteiger partial charge in [0.1, 0.15) is 5.75 Å². The number of carbonyl (C=O) groups is 1. The topological polar surface area (TPSA) is 68.5 Å². The maximum Gasteiger partial charge on any atom is 0.416 e. The zero-order valence-electron chi connectivity index (χ0n) is 16.7. The number of rotatable bonds is 6. The van der Waals surface area contributed by atoms with E-state index in [9.17, 15) is 18.0 Å². The number of ether oxygens (including phenoxy) is 1. The maximum absolute atomic E-state index is 13.0. The summed E-state index contributed by atoms with van der Waals surface area (Å²) in [5.41, 5.74) is 0.135. The van der Waals surface area contributed by atoms with Gasteiger partial charge in [0.25, 0.3) is 0 Å². The standard InChI is InChI=1S/C22H20F3N3O3/c1-2-10-30-18-8-6-14(7-9-18)20-26-21(31-27-20)15-11-19(29)28(13-15)17-5-3-4-16(12-17)22(23,24)25/h3-9,12,15H,2,10-11,13H2,1H3. The Labute approximate surface area is 176 Å². The van der Waals surface area contributed by atoms with Crippen molar-refractivity contribution in [1.82, 2.24) is 10.1 Å². The number of amides is 1. The monoisotopic (exact) mass is 431 g/mol. The van der Waals surface area contributed by atoms with E-state index in [2.05, 4.69) is 10.1 Å². The lowest BCUT2D eigenvalue weighted by molar-refractivity contribution is -0.137. The van der Waals surface area contributed by atoms with Gasteiger partial charge in [-0.3, -0.25) is 4.79 Å². The van der Waals surface area contributed by atoms with Crippen LogP contribution in [0.5, 0.6) is 5.75 Å². The van der Waals surface area contributed by atoms with Gasteiger partial charge in [-0.05, 0) is 48.9 Å². The van der Waals surface area contributed by atoms with Crippen LogP contribution < -0.4 is 9.64 Å². The Morgan fingerprint density at radius 1 is 1.19 bits per heavy atom. The molecule has 162 valence electrons. The van der Waals surface area contributed by atoms with E-state index in [-0.39, 0.29) is 30.5 Å². The number of hydrogen-bond acceptors (Lipinski definition) is 5. The fourth-order valence-electron chi connectivity index (χ4n) is 3.41. The van der Waals surface area contributed by atoms with Gasteiger partial charge in [0, 0.05) is 24.2 Å². The van der Waals surface area contributed by atoms with Crippen LogP contribution >= 0.6 is 0 Å². The summed E-state index contributed by atoms with van der Waals surface area (Å²) in [5, 5.41) is 3.99. The molecule has 0 aliphatic carbocycles. The zero-order valence-corrected chi connectivity index (χ0v) is 16.7. The summed E-state index contributed by atoms with van der Waals surface area (Å²) in [6.07, 6.45) is -3.48. The minimum absolute atomic E-state index is 0.0850. The molecule has 1 aliphatic rings. The van der Waals surface area contributed by atoms with Gasteiger partial charge >= 0.3 is 6.18 Å². The number of benzene rings is 2. The van der Waals surface area contributed by atoms with Crippen molar-refractivity contribution in [3.8, 4) is 17.1 Å². The first-order valence-corrected chi connectivity index (χ1v) is 9.89. The maximum atomic E-state index is 13.0. The quantitative estimate of drug-likeness (QED) is 0.545. The number of hydrogen-bond donors (Lipinski definition) is 0. The van der Waals surface area contributed by atoms with E-state index in [0.29, 0.717) is 12.4 Å². The summed E-state index contributed by atoms with van der Waals surface area (Å²) in [5.74, 6) is 0.718. The third-order valence-electron chi connectivity index (χ3n) is 4.99. The Kier molecular flexibility index (Phi) is 5.67.